The van der Waals surface area contributed by atoms with Gasteiger partial charge in [-0.05, 0) is 36.8 Å². The number of rotatable bonds is 3. The van der Waals surface area contributed by atoms with E-state index in [1.165, 1.54) is 36.6 Å². The highest BCUT2D eigenvalue weighted by Crippen LogP contribution is 2.27. The molecule has 0 saturated carbocycles. The molecule has 0 bridgehead atoms. The maximum absolute atomic E-state index is 12.8. The maximum atomic E-state index is 12.8. The van der Waals surface area contributed by atoms with Crippen molar-refractivity contribution in [3.63, 3.8) is 0 Å². The average Bonchev–Trinajstić information content (AvgIpc) is 2.71. The highest BCUT2D eigenvalue weighted by molar-refractivity contribution is 5.82. The predicted octanol–water partition coefficient (Wildman–Crippen LogP) is 1.37. The van der Waals surface area contributed by atoms with Crippen LogP contribution in [0.4, 0.5) is 0 Å². The molecule has 1 aliphatic rings. The minimum absolute atomic E-state index is 0.0970. The zero-order chi connectivity index (χ0) is 20.7. The van der Waals surface area contributed by atoms with Gasteiger partial charge in [0.2, 0.25) is 6.29 Å². The largest absolute Gasteiger partial charge is 0.508 e. The molecule has 4 N–H and O–H groups in total. The normalized spacial score (nSPS) is 27.1. The lowest BCUT2D eigenvalue weighted by Crippen LogP contribution is -2.58. The Morgan fingerprint density at radius 2 is 1.69 bits per heavy atom. The molecule has 1 aliphatic heterocycles. The summed E-state index contributed by atoms with van der Waals surface area (Å²) >= 11 is 0. The fraction of sp³-hybridized carbons (Fsp3) is 0.286. The van der Waals surface area contributed by atoms with Gasteiger partial charge in [-0.2, -0.15) is 0 Å². The van der Waals surface area contributed by atoms with E-state index >= 15 is 0 Å². The van der Waals surface area contributed by atoms with Crippen LogP contribution in [0.1, 0.15) is 6.92 Å². The molecule has 2 aromatic carbocycles. The third-order valence-electron chi connectivity index (χ3n) is 4.99. The summed E-state index contributed by atoms with van der Waals surface area (Å²) in [5, 5.41) is 39.5. The Morgan fingerprint density at radius 3 is 2.41 bits per heavy atom. The minimum atomic E-state index is -1.44. The van der Waals surface area contributed by atoms with E-state index in [9.17, 15) is 25.2 Å². The summed E-state index contributed by atoms with van der Waals surface area (Å²) in [6, 6.07) is 10.7. The molecule has 1 aromatic heterocycles. The van der Waals surface area contributed by atoms with Crippen LogP contribution in [0.15, 0.2) is 57.9 Å². The van der Waals surface area contributed by atoms with Crippen molar-refractivity contribution < 1.29 is 34.3 Å². The number of aromatic hydroxyl groups is 1. The Balaban J connectivity index is 1.63. The Morgan fingerprint density at radius 1 is 0.966 bits per heavy atom. The lowest BCUT2D eigenvalue weighted by molar-refractivity contribution is -0.268. The van der Waals surface area contributed by atoms with E-state index in [2.05, 4.69) is 0 Å². The minimum Gasteiger partial charge on any atom is -0.508 e. The Labute approximate surface area is 165 Å². The summed E-state index contributed by atoms with van der Waals surface area (Å²) in [5.41, 5.74) is 0.987. The summed E-state index contributed by atoms with van der Waals surface area (Å²) < 4.78 is 16.6. The zero-order valence-corrected chi connectivity index (χ0v) is 15.4. The summed E-state index contributed by atoms with van der Waals surface area (Å²) in [4.78, 5) is 12.8. The van der Waals surface area contributed by atoms with Gasteiger partial charge in [0.1, 0.15) is 41.7 Å². The zero-order valence-electron chi connectivity index (χ0n) is 15.4. The Bertz CT molecular complexity index is 1070. The number of ether oxygens (including phenoxy) is 2. The van der Waals surface area contributed by atoms with E-state index in [4.69, 9.17) is 13.9 Å². The van der Waals surface area contributed by atoms with Crippen molar-refractivity contribution in [3.05, 3.63) is 59.0 Å². The maximum Gasteiger partial charge on any atom is 0.229 e. The lowest BCUT2D eigenvalue weighted by Gasteiger charge is -2.38. The van der Waals surface area contributed by atoms with Gasteiger partial charge in [-0.15, -0.1) is 0 Å². The van der Waals surface area contributed by atoms with Gasteiger partial charge in [0.15, 0.2) is 5.43 Å². The molecular formula is C21H20O8. The second-order valence-corrected chi connectivity index (χ2v) is 6.98. The van der Waals surface area contributed by atoms with E-state index in [-0.39, 0.29) is 22.5 Å². The number of phenolic OH excluding ortho intramolecular Hbond substituents is 1. The SMILES string of the molecule is C[C@@H]1O[C@H](Oc2ccc3c(=O)c(-c4ccc(O)cc4)coc3c2)[C@@H](O)[C@@H](O)[C@H]1O. The van der Waals surface area contributed by atoms with E-state index in [0.29, 0.717) is 16.5 Å². The Kier molecular flexibility index (Phi) is 5.01. The molecular weight excluding hydrogens is 380 g/mol. The molecule has 0 amide bonds. The van der Waals surface area contributed by atoms with Crippen LogP contribution >= 0.6 is 0 Å². The summed E-state index contributed by atoms with van der Waals surface area (Å²) in [7, 11) is 0. The first-order valence-electron chi connectivity index (χ1n) is 9.06. The van der Waals surface area contributed by atoms with Gasteiger partial charge >= 0.3 is 0 Å². The Hall–Kier alpha value is -2.91. The number of hydrogen-bond acceptors (Lipinski definition) is 8. The third kappa shape index (κ3) is 3.58. The van der Waals surface area contributed by atoms with Gasteiger partial charge in [0, 0.05) is 6.07 Å². The highest BCUT2D eigenvalue weighted by atomic mass is 16.7. The first-order chi connectivity index (χ1) is 13.8. The standard InChI is InChI=1S/C21H20O8/c1-10-17(23)19(25)20(26)21(28-10)29-13-6-7-14-16(8-13)27-9-15(18(14)24)11-2-4-12(22)5-3-11/h2-10,17,19-23,25-26H,1H3/t10-,17-,19-,20-,21+/m0/s1. The monoisotopic (exact) mass is 400 g/mol. The summed E-state index contributed by atoms with van der Waals surface area (Å²) in [6.45, 7) is 1.56. The van der Waals surface area contributed by atoms with Crippen LogP contribution in [-0.2, 0) is 4.74 Å². The number of phenols is 1. The van der Waals surface area contributed by atoms with Gasteiger partial charge < -0.3 is 34.3 Å². The van der Waals surface area contributed by atoms with Gasteiger partial charge in [-0.25, -0.2) is 0 Å². The number of fused-ring (bicyclic) bond motifs is 1. The lowest BCUT2D eigenvalue weighted by atomic mass is 10.00. The molecule has 0 unspecified atom stereocenters. The van der Waals surface area contributed by atoms with Crippen LogP contribution in [0, 0.1) is 0 Å². The van der Waals surface area contributed by atoms with Crippen LogP contribution in [-0.4, -0.2) is 51.1 Å². The average molecular weight is 400 g/mol. The van der Waals surface area contributed by atoms with Gasteiger partial charge in [0.05, 0.1) is 17.1 Å². The molecule has 8 nitrogen and oxygen atoms in total. The molecule has 1 fully saturated rings. The number of benzene rings is 2. The van der Waals surface area contributed by atoms with Crippen LogP contribution in [0.5, 0.6) is 11.5 Å². The van der Waals surface area contributed by atoms with E-state index < -0.39 is 30.7 Å². The van der Waals surface area contributed by atoms with E-state index in [0.717, 1.165) is 0 Å². The number of hydrogen-bond donors (Lipinski definition) is 4. The molecule has 3 aromatic rings. The molecule has 29 heavy (non-hydrogen) atoms. The van der Waals surface area contributed by atoms with Crippen molar-refractivity contribution >= 4 is 11.0 Å². The molecule has 0 aliphatic carbocycles. The van der Waals surface area contributed by atoms with Crippen molar-refractivity contribution in [1.82, 2.24) is 0 Å². The molecule has 0 spiro atoms. The third-order valence-corrected chi connectivity index (χ3v) is 4.99. The van der Waals surface area contributed by atoms with Crippen molar-refractivity contribution in [3.8, 4) is 22.6 Å². The highest BCUT2D eigenvalue weighted by Gasteiger charge is 2.43. The number of aliphatic hydroxyl groups excluding tert-OH is 3. The summed E-state index contributed by atoms with van der Waals surface area (Å²) in [6.07, 6.45) is -4.67. The van der Waals surface area contributed by atoms with Crippen LogP contribution in [0.2, 0.25) is 0 Å². The van der Waals surface area contributed by atoms with Gasteiger partial charge in [0.25, 0.3) is 0 Å². The predicted molar refractivity (Wildman–Crippen MR) is 103 cm³/mol. The molecule has 8 heteroatoms. The van der Waals surface area contributed by atoms with E-state index in [1.807, 2.05) is 0 Å². The molecule has 0 radical (unpaired) electrons. The van der Waals surface area contributed by atoms with E-state index in [1.54, 1.807) is 19.1 Å². The fourth-order valence-corrected chi connectivity index (χ4v) is 3.27. The van der Waals surface area contributed by atoms with Crippen LogP contribution in [0.25, 0.3) is 22.1 Å². The smallest absolute Gasteiger partial charge is 0.229 e. The van der Waals surface area contributed by atoms with Gasteiger partial charge in [-0.3, -0.25) is 4.79 Å². The quantitative estimate of drug-likeness (QED) is 0.519. The fourth-order valence-electron chi connectivity index (χ4n) is 3.27. The molecule has 152 valence electrons. The number of aliphatic hydroxyl groups is 3. The van der Waals surface area contributed by atoms with Crippen molar-refractivity contribution in [2.45, 2.75) is 37.6 Å². The first-order valence-corrected chi connectivity index (χ1v) is 9.06. The van der Waals surface area contributed by atoms with Crippen LogP contribution in [0.3, 0.4) is 0 Å². The molecule has 5 atom stereocenters. The van der Waals surface area contributed by atoms with Crippen molar-refractivity contribution in [1.29, 1.82) is 0 Å². The molecule has 4 rings (SSSR count). The summed E-state index contributed by atoms with van der Waals surface area (Å²) in [5.74, 6) is 0.359. The second kappa shape index (κ2) is 7.49. The topological polar surface area (TPSA) is 130 Å². The molecule has 2 heterocycles. The second-order valence-electron chi connectivity index (χ2n) is 6.98. The van der Waals surface area contributed by atoms with Crippen molar-refractivity contribution in [2.24, 2.45) is 0 Å². The van der Waals surface area contributed by atoms with Gasteiger partial charge in [-0.1, -0.05) is 12.1 Å². The first kappa shape index (κ1) is 19.4. The van der Waals surface area contributed by atoms with Crippen LogP contribution < -0.4 is 10.2 Å². The molecule has 1 saturated heterocycles. The van der Waals surface area contributed by atoms with Crippen molar-refractivity contribution in [2.75, 3.05) is 0 Å².